The lowest BCUT2D eigenvalue weighted by Gasteiger charge is -2.48. The Morgan fingerprint density at radius 1 is 1.43 bits per heavy atom. The van der Waals surface area contributed by atoms with Crippen molar-refractivity contribution < 1.29 is 8.76 Å². The molecule has 1 aliphatic carbocycles. The molecular weight excluding hydrogens is 196 g/mol. The third-order valence-electron chi connectivity index (χ3n) is 4.02. The molecule has 1 fully saturated rings. The Morgan fingerprint density at radius 3 is 2.43 bits per heavy atom. The Hall–Kier alpha value is 0.110. The minimum atomic E-state index is -1.88. The Labute approximate surface area is 89.8 Å². The van der Waals surface area contributed by atoms with Crippen molar-refractivity contribution in [3.8, 4) is 0 Å². The second kappa shape index (κ2) is 3.93. The molecular formula is C11H21O2S-. The fourth-order valence-corrected chi connectivity index (χ4v) is 3.14. The van der Waals surface area contributed by atoms with Crippen molar-refractivity contribution in [2.45, 2.75) is 58.6 Å². The summed E-state index contributed by atoms with van der Waals surface area (Å²) in [4.78, 5) is 0. The highest BCUT2D eigenvalue weighted by molar-refractivity contribution is 7.79. The van der Waals surface area contributed by atoms with E-state index in [2.05, 4.69) is 27.7 Å². The van der Waals surface area contributed by atoms with Crippen molar-refractivity contribution in [3.63, 3.8) is 0 Å². The standard InChI is InChI=1S/C11H22O2S/c1-10(2,3)11(4)7-5-6-9(8-11)14(12)13/h9H,5-8H2,1-4H3,(H,12,13)/p-1. The molecule has 14 heavy (non-hydrogen) atoms. The minimum absolute atomic E-state index is 0.118. The van der Waals surface area contributed by atoms with Gasteiger partial charge in [0.1, 0.15) is 0 Å². The molecule has 1 aliphatic rings. The molecule has 0 aromatic rings. The average molecular weight is 217 g/mol. The molecule has 0 spiro atoms. The van der Waals surface area contributed by atoms with Gasteiger partial charge in [-0.1, -0.05) is 45.2 Å². The van der Waals surface area contributed by atoms with Gasteiger partial charge in [-0.15, -0.1) is 0 Å². The van der Waals surface area contributed by atoms with Gasteiger partial charge in [0, 0.05) is 5.25 Å². The highest BCUT2D eigenvalue weighted by Crippen LogP contribution is 2.49. The number of hydrogen-bond donors (Lipinski definition) is 0. The predicted molar refractivity (Wildman–Crippen MR) is 58.7 cm³/mol. The Balaban J connectivity index is 2.77. The first-order valence-corrected chi connectivity index (χ1v) is 6.48. The molecule has 84 valence electrons. The topological polar surface area (TPSA) is 40.1 Å². The number of rotatable bonds is 1. The second-order valence-corrected chi connectivity index (χ2v) is 6.98. The smallest absolute Gasteiger partial charge is 0.0221 e. The van der Waals surface area contributed by atoms with Gasteiger partial charge in [-0.3, -0.25) is 4.21 Å². The van der Waals surface area contributed by atoms with Crippen LogP contribution in [0.5, 0.6) is 0 Å². The van der Waals surface area contributed by atoms with Crippen LogP contribution in [0.1, 0.15) is 53.4 Å². The van der Waals surface area contributed by atoms with Crippen LogP contribution in [-0.2, 0) is 11.1 Å². The Bertz CT molecular complexity index is 232. The number of hydrogen-bond acceptors (Lipinski definition) is 2. The molecule has 0 amide bonds. The van der Waals surface area contributed by atoms with Crippen molar-refractivity contribution >= 4 is 11.1 Å². The van der Waals surface area contributed by atoms with Gasteiger partial charge in [-0.05, 0) is 30.1 Å². The zero-order valence-electron chi connectivity index (χ0n) is 9.63. The van der Waals surface area contributed by atoms with E-state index in [9.17, 15) is 8.76 Å². The van der Waals surface area contributed by atoms with Gasteiger partial charge in [0.15, 0.2) is 0 Å². The van der Waals surface area contributed by atoms with Gasteiger partial charge < -0.3 is 4.55 Å². The first-order valence-electron chi connectivity index (χ1n) is 5.34. The maximum absolute atomic E-state index is 11.0. The third kappa shape index (κ3) is 2.37. The average Bonchev–Trinajstić information content (AvgIpc) is 2.02. The van der Waals surface area contributed by atoms with E-state index in [4.69, 9.17) is 0 Å². The molecule has 0 bridgehead atoms. The molecule has 0 aromatic heterocycles. The van der Waals surface area contributed by atoms with Crippen LogP contribution in [0.2, 0.25) is 0 Å². The molecule has 2 nitrogen and oxygen atoms in total. The van der Waals surface area contributed by atoms with Crippen LogP contribution in [0.15, 0.2) is 0 Å². The molecule has 1 rings (SSSR count). The van der Waals surface area contributed by atoms with Crippen LogP contribution >= 0.6 is 0 Å². The summed E-state index contributed by atoms with van der Waals surface area (Å²) in [7, 11) is 0. The molecule has 3 atom stereocenters. The van der Waals surface area contributed by atoms with E-state index in [0.29, 0.717) is 0 Å². The van der Waals surface area contributed by atoms with Gasteiger partial charge in [0.2, 0.25) is 0 Å². The predicted octanol–water partition coefficient (Wildman–Crippen LogP) is 2.86. The summed E-state index contributed by atoms with van der Waals surface area (Å²) in [5.41, 5.74) is 0.376. The highest BCUT2D eigenvalue weighted by Gasteiger charge is 2.41. The van der Waals surface area contributed by atoms with Crippen molar-refractivity contribution in [1.29, 1.82) is 0 Å². The molecule has 0 aliphatic heterocycles. The lowest BCUT2D eigenvalue weighted by atomic mass is 9.60. The maximum Gasteiger partial charge on any atom is 0.0221 e. The van der Waals surface area contributed by atoms with Crippen LogP contribution in [0, 0.1) is 10.8 Å². The van der Waals surface area contributed by atoms with E-state index < -0.39 is 11.1 Å². The molecule has 3 unspecified atom stereocenters. The van der Waals surface area contributed by atoms with E-state index >= 15 is 0 Å². The SMILES string of the molecule is CC(C)(C)C1(C)CCCC(S(=O)[O-])C1. The van der Waals surface area contributed by atoms with Crippen molar-refractivity contribution in [3.05, 3.63) is 0 Å². The fraction of sp³-hybridized carbons (Fsp3) is 1.00. The van der Waals surface area contributed by atoms with Crippen LogP contribution < -0.4 is 0 Å². The molecule has 0 heterocycles. The lowest BCUT2D eigenvalue weighted by molar-refractivity contribution is 0.0614. The largest absolute Gasteiger partial charge is 0.772 e. The van der Waals surface area contributed by atoms with Crippen LogP contribution in [-0.4, -0.2) is 14.0 Å². The maximum atomic E-state index is 11.0. The summed E-state index contributed by atoms with van der Waals surface area (Å²) in [5.74, 6) is 0. The molecule has 3 heteroatoms. The van der Waals surface area contributed by atoms with Crippen LogP contribution in [0.25, 0.3) is 0 Å². The normalized spacial score (nSPS) is 36.8. The zero-order chi connectivity index (χ0) is 11.0. The van der Waals surface area contributed by atoms with Crippen LogP contribution in [0.3, 0.4) is 0 Å². The third-order valence-corrected chi connectivity index (χ3v) is 4.96. The molecule has 0 N–H and O–H groups in total. The van der Waals surface area contributed by atoms with E-state index in [-0.39, 0.29) is 16.1 Å². The molecule has 0 radical (unpaired) electrons. The molecule has 0 saturated heterocycles. The first kappa shape index (κ1) is 12.2. The molecule has 0 aromatic carbocycles. The zero-order valence-corrected chi connectivity index (χ0v) is 10.4. The highest BCUT2D eigenvalue weighted by atomic mass is 32.2. The monoisotopic (exact) mass is 217 g/mol. The fourth-order valence-electron chi connectivity index (χ4n) is 2.27. The van der Waals surface area contributed by atoms with E-state index in [1.54, 1.807) is 0 Å². The van der Waals surface area contributed by atoms with Crippen molar-refractivity contribution in [1.82, 2.24) is 0 Å². The van der Waals surface area contributed by atoms with Gasteiger partial charge in [0.05, 0.1) is 0 Å². The van der Waals surface area contributed by atoms with Gasteiger partial charge >= 0.3 is 0 Å². The first-order chi connectivity index (χ1) is 6.26. The summed E-state index contributed by atoms with van der Waals surface area (Å²) in [6.45, 7) is 8.86. The van der Waals surface area contributed by atoms with Gasteiger partial charge in [0.25, 0.3) is 0 Å². The summed E-state index contributed by atoms with van der Waals surface area (Å²) < 4.78 is 21.9. The Morgan fingerprint density at radius 2 is 2.00 bits per heavy atom. The van der Waals surface area contributed by atoms with Gasteiger partial charge in [-0.2, -0.15) is 0 Å². The lowest BCUT2D eigenvalue weighted by Crippen LogP contribution is -2.40. The van der Waals surface area contributed by atoms with E-state index in [1.807, 2.05) is 0 Å². The summed E-state index contributed by atoms with van der Waals surface area (Å²) in [5, 5.41) is -0.118. The van der Waals surface area contributed by atoms with E-state index in [1.165, 1.54) is 0 Å². The van der Waals surface area contributed by atoms with Crippen molar-refractivity contribution in [2.24, 2.45) is 10.8 Å². The summed E-state index contributed by atoms with van der Waals surface area (Å²) in [6, 6.07) is 0. The van der Waals surface area contributed by atoms with Gasteiger partial charge in [-0.25, -0.2) is 0 Å². The second-order valence-electron chi connectivity index (χ2n) is 5.79. The molecule has 1 saturated carbocycles. The van der Waals surface area contributed by atoms with E-state index in [0.717, 1.165) is 25.7 Å². The minimum Gasteiger partial charge on any atom is -0.772 e. The van der Waals surface area contributed by atoms with Crippen LogP contribution in [0.4, 0.5) is 0 Å². The summed E-state index contributed by atoms with van der Waals surface area (Å²) in [6.07, 6.45) is 3.88. The Kier molecular flexibility index (Phi) is 3.42. The summed E-state index contributed by atoms with van der Waals surface area (Å²) >= 11 is -1.88. The van der Waals surface area contributed by atoms with Crippen molar-refractivity contribution in [2.75, 3.05) is 0 Å². The quantitative estimate of drug-likeness (QED) is 0.634.